The third-order valence-electron chi connectivity index (χ3n) is 5.15. The number of hydrogen-bond donors (Lipinski definition) is 2. The summed E-state index contributed by atoms with van der Waals surface area (Å²) in [4.78, 5) is 0.291. The van der Waals surface area contributed by atoms with E-state index in [1.54, 1.807) is 24.4 Å². The second-order valence-electron chi connectivity index (χ2n) is 7.21. The zero-order valence-corrected chi connectivity index (χ0v) is 14.8. The van der Waals surface area contributed by atoms with E-state index in [2.05, 4.69) is 9.82 Å². The maximum absolute atomic E-state index is 12.7. The molecule has 25 heavy (non-hydrogen) atoms. The van der Waals surface area contributed by atoms with Crippen LogP contribution in [0.4, 0.5) is 0 Å². The lowest BCUT2D eigenvalue weighted by Gasteiger charge is -2.17. The van der Waals surface area contributed by atoms with E-state index in [1.165, 1.54) is 0 Å². The van der Waals surface area contributed by atoms with Crippen LogP contribution in [0.1, 0.15) is 37.2 Å². The molecule has 0 radical (unpaired) electrons. The largest absolute Gasteiger partial charge is 0.391 e. The van der Waals surface area contributed by atoms with Gasteiger partial charge in [0.25, 0.3) is 0 Å². The van der Waals surface area contributed by atoms with Gasteiger partial charge >= 0.3 is 0 Å². The van der Waals surface area contributed by atoms with Gasteiger partial charge in [0.2, 0.25) is 10.0 Å². The molecule has 2 aromatic rings. The molecule has 0 spiro atoms. The number of hydrogen-bond acceptors (Lipinski definition) is 4. The third kappa shape index (κ3) is 3.78. The van der Waals surface area contributed by atoms with Gasteiger partial charge in [0, 0.05) is 25.0 Å². The zero-order valence-electron chi connectivity index (χ0n) is 14.0. The minimum Gasteiger partial charge on any atom is -0.391 e. The first kappa shape index (κ1) is 16.8. The fourth-order valence-electron chi connectivity index (χ4n) is 3.69. The van der Waals surface area contributed by atoms with Crippen LogP contribution in [0.5, 0.6) is 0 Å². The average molecular weight is 361 g/mol. The third-order valence-corrected chi connectivity index (χ3v) is 6.64. The highest BCUT2D eigenvalue weighted by Crippen LogP contribution is 2.40. The molecule has 2 aliphatic carbocycles. The highest BCUT2D eigenvalue weighted by atomic mass is 32.2. The Morgan fingerprint density at radius 3 is 2.80 bits per heavy atom. The van der Waals surface area contributed by atoms with E-state index in [-0.39, 0.29) is 5.92 Å². The Morgan fingerprint density at radius 2 is 2.08 bits per heavy atom. The van der Waals surface area contributed by atoms with Crippen molar-refractivity contribution in [3.63, 3.8) is 0 Å². The summed E-state index contributed by atoms with van der Waals surface area (Å²) in [5.74, 6) is 0.714. The summed E-state index contributed by atoms with van der Waals surface area (Å²) < 4.78 is 30.0. The Bertz CT molecular complexity index is 831. The molecule has 2 fully saturated rings. The van der Waals surface area contributed by atoms with Crippen molar-refractivity contribution in [1.82, 2.24) is 14.5 Å². The summed E-state index contributed by atoms with van der Waals surface area (Å²) in [5.41, 5.74) is 1.09. The van der Waals surface area contributed by atoms with E-state index in [0.29, 0.717) is 30.2 Å². The second kappa shape index (κ2) is 6.55. The van der Waals surface area contributed by atoms with Crippen LogP contribution in [0.25, 0.3) is 0 Å². The van der Waals surface area contributed by atoms with E-state index < -0.39 is 22.2 Å². The van der Waals surface area contributed by atoms with Crippen LogP contribution in [0.15, 0.2) is 47.6 Å². The Morgan fingerprint density at radius 1 is 1.24 bits per heavy atom. The molecule has 2 N–H and O–H groups in total. The molecule has 0 amide bonds. The lowest BCUT2D eigenvalue weighted by molar-refractivity contribution is 0.154. The van der Waals surface area contributed by atoms with Crippen LogP contribution in [0.2, 0.25) is 0 Å². The fourth-order valence-corrected chi connectivity index (χ4v) is 5.02. The van der Waals surface area contributed by atoms with Crippen LogP contribution in [0.3, 0.4) is 0 Å². The number of aliphatic hydroxyl groups is 1. The molecule has 1 aromatic heterocycles. The molecule has 1 unspecified atom stereocenters. The smallest absolute Gasteiger partial charge is 0.240 e. The zero-order chi connectivity index (χ0) is 17.4. The van der Waals surface area contributed by atoms with Gasteiger partial charge in [0.15, 0.2) is 0 Å². The summed E-state index contributed by atoms with van der Waals surface area (Å²) >= 11 is 0. The summed E-state index contributed by atoms with van der Waals surface area (Å²) in [6.07, 6.45) is 6.39. The number of aromatic nitrogens is 2. The highest BCUT2D eigenvalue weighted by molar-refractivity contribution is 7.89. The van der Waals surface area contributed by atoms with Crippen molar-refractivity contribution in [2.45, 2.75) is 55.2 Å². The lowest BCUT2D eigenvalue weighted by atomic mass is 10.1. The molecule has 134 valence electrons. The van der Waals surface area contributed by atoms with Crippen LogP contribution >= 0.6 is 0 Å². The summed E-state index contributed by atoms with van der Waals surface area (Å²) in [6, 6.07) is 8.59. The number of nitrogens with one attached hydrogen (secondary N) is 1. The molecule has 1 heterocycles. The minimum absolute atomic E-state index is 0.209. The number of aliphatic hydroxyl groups excluding tert-OH is 1. The normalized spacial score (nSPS) is 26.8. The van der Waals surface area contributed by atoms with Gasteiger partial charge in [-0.1, -0.05) is 12.1 Å². The van der Waals surface area contributed by atoms with Crippen molar-refractivity contribution in [1.29, 1.82) is 0 Å². The molecule has 4 rings (SSSR count). The molecule has 3 atom stereocenters. The van der Waals surface area contributed by atoms with Crippen LogP contribution in [-0.2, 0) is 16.6 Å². The molecule has 2 saturated carbocycles. The van der Waals surface area contributed by atoms with Crippen molar-refractivity contribution in [2.24, 2.45) is 5.92 Å². The summed E-state index contributed by atoms with van der Waals surface area (Å²) in [5, 5.41) is 14.5. The minimum atomic E-state index is -3.62. The van der Waals surface area contributed by atoms with E-state index in [1.807, 2.05) is 23.0 Å². The standard InChI is InChI=1S/C18H23N3O3S/c22-18-10-13(12-21-8-2-7-19-21)9-17(18)20-25(23,24)16-4-1-3-15(11-16)14-5-6-14/h1-4,7-8,11,13-14,17-18,20,22H,5-6,9-10,12H2/t13?,17-,18-/m1/s1. The van der Waals surface area contributed by atoms with Gasteiger partial charge in [-0.3, -0.25) is 4.68 Å². The quantitative estimate of drug-likeness (QED) is 0.823. The first-order valence-electron chi connectivity index (χ1n) is 8.79. The van der Waals surface area contributed by atoms with E-state index >= 15 is 0 Å². The van der Waals surface area contributed by atoms with Crippen molar-refractivity contribution < 1.29 is 13.5 Å². The van der Waals surface area contributed by atoms with Gasteiger partial charge in [-0.2, -0.15) is 5.10 Å². The van der Waals surface area contributed by atoms with Crippen LogP contribution < -0.4 is 4.72 Å². The van der Waals surface area contributed by atoms with Crippen molar-refractivity contribution in [2.75, 3.05) is 0 Å². The van der Waals surface area contributed by atoms with Crippen LogP contribution in [-0.4, -0.2) is 35.5 Å². The van der Waals surface area contributed by atoms with Gasteiger partial charge in [-0.15, -0.1) is 0 Å². The molecular weight excluding hydrogens is 338 g/mol. The Labute approximate surface area is 147 Å². The van der Waals surface area contributed by atoms with Gasteiger partial charge in [0.05, 0.1) is 11.0 Å². The topological polar surface area (TPSA) is 84.2 Å². The lowest BCUT2D eigenvalue weighted by Crippen LogP contribution is -2.39. The molecule has 6 nitrogen and oxygen atoms in total. The van der Waals surface area contributed by atoms with Gasteiger partial charge in [0.1, 0.15) is 0 Å². The van der Waals surface area contributed by atoms with E-state index in [9.17, 15) is 13.5 Å². The van der Waals surface area contributed by atoms with Crippen molar-refractivity contribution in [3.8, 4) is 0 Å². The number of benzene rings is 1. The van der Waals surface area contributed by atoms with Crippen molar-refractivity contribution in [3.05, 3.63) is 48.3 Å². The fraction of sp³-hybridized carbons (Fsp3) is 0.500. The predicted octanol–water partition coefficient (Wildman–Crippen LogP) is 1.88. The molecule has 0 saturated heterocycles. The first-order valence-corrected chi connectivity index (χ1v) is 10.3. The average Bonchev–Trinajstić information content (AvgIpc) is 3.22. The molecule has 0 bridgehead atoms. The number of sulfonamides is 1. The predicted molar refractivity (Wildman–Crippen MR) is 93.5 cm³/mol. The first-order chi connectivity index (χ1) is 12.0. The SMILES string of the molecule is O=S(=O)(N[C@@H]1CC(Cn2cccn2)C[C@H]1O)c1cccc(C2CC2)c1. The van der Waals surface area contributed by atoms with Gasteiger partial charge in [-0.25, -0.2) is 13.1 Å². The van der Waals surface area contributed by atoms with E-state index in [4.69, 9.17) is 0 Å². The summed E-state index contributed by atoms with van der Waals surface area (Å²) in [6.45, 7) is 0.694. The monoisotopic (exact) mass is 361 g/mol. The van der Waals surface area contributed by atoms with Gasteiger partial charge in [-0.05, 0) is 61.3 Å². The maximum Gasteiger partial charge on any atom is 0.240 e. The molecule has 0 aliphatic heterocycles. The molecule has 2 aliphatic rings. The van der Waals surface area contributed by atoms with Gasteiger partial charge < -0.3 is 5.11 Å². The Hall–Kier alpha value is -1.70. The molecule has 1 aromatic carbocycles. The second-order valence-corrected chi connectivity index (χ2v) is 8.92. The molecular formula is C18H23N3O3S. The number of nitrogens with zero attached hydrogens (tertiary/aromatic N) is 2. The Kier molecular flexibility index (Phi) is 4.39. The van der Waals surface area contributed by atoms with E-state index in [0.717, 1.165) is 18.4 Å². The Balaban J connectivity index is 1.44. The maximum atomic E-state index is 12.7. The molecule has 7 heteroatoms. The summed E-state index contributed by atoms with van der Waals surface area (Å²) in [7, 11) is -3.62. The highest BCUT2D eigenvalue weighted by Gasteiger charge is 2.36. The van der Waals surface area contributed by atoms with Crippen LogP contribution in [0, 0.1) is 5.92 Å². The van der Waals surface area contributed by atoms with Crippen molar-refractivity contribution >= 4 is 10.0 Å². The number of rotatable bonds is 6.